The van der Waals surface area contributed by atoms with Gasteiger partial charge in [-0.15, -0.1) is 0 Å². The summed E-state index contributed by atoms with van der Waals surface area (Å²) in [4.78, 5) is 3.09. The third-order valence-corrected chi connectivity index (χ3v) is 9.17. The highest BCUT2D eigenvalue weighted by Gasteiger charge is 2.29. The summed E-state index contributed by atoms with van der Waals surface area (Å²) in [6, 6.07) is 12.0. The standard InChI is InChI=1S/C22H24N2O6S4/c1-16-15-31-20(23(16)10-4-12-33(25,26)27)14-21-24(11-5-13-34(28,29)30)22-18-7-3-2-6-17(18)8-9-19(22)32-21/h2-3,6-9,14-15H,4-5,10-13H2,1H3,(H-,25,26,27,28,29,30)/p-1. The monoisotopic (exact) mass is 539 g/mol. The van der Waals surface area contributed by atoms with Crippen LogP contribution in [0.5, 0.6) is 0 Å². The fourth-order valence-electron chi connectivity index (χ4n) is 3.95. The van der Waals surface area contributed by atoms with Crippen molar-refractivity contribution in [2.24, 2.45) is 0 Å². The Morgan fingerprint density at radius 1 is 1.00 bits per heavy atom. The highest BCUT2D eigenvalue weighted by Crippen LogP contribution is 2.50. The van der Waals surface area contributed by atoms with E-state index in [0.29, 0.717) is 13.1 Å². The van der Waals surface area contributed by atoms with E-state index >= 15 is 0 Å². The number of anilines is 1. The molecule has 8 nitrogen and oxygen atoms in total. The summed E-state index contributed by atoms with van der Waals surface area (Å²) in [5.41, 5.74) is 1.94. The molecular weight excluding hydrogens is 517 g/mol. The quantitative estimate of drug-likeness (QED) is 0.300. The minimum Gasteiger partial charge on any atom is -0.748 e. The Morgan fingerprint density at radius 3 is 2.44 bits per heavy atom. The van der Waals surface area contributed by atoms with Gasteiger partial charge >= 0.3 is 0 Å². The molecule has 0 atom stereocenters. The van der Waals surface area contributed by atoms with E-state index in [0.717, 1.165) is 37.1 Å². The predicted octanol–water partition coefficient (Wildman–Crippen LogP) is 3.28. The van der Waals surface area contributed by atoms with Crippen molar-refractivity contribution in [2.75, 3.05) is 23.0 Å². The van der Waals surface area contributed by atoms with E-state index in [1.807, 2.05) is 59.3 Å². The number of rotatable bonds is 9. The van der Waals surface area contributed by atoms with Gasteiger partial charge in [0.05, 0.1) is 42.4 Å². The summed E-state index contributed by atoms with van der Waals surface area (Å²) in [5.74, 6) is -0.864. The molecule has 4 rings (SSSR count). The van der Waals surface area contributed by atoms with Crippen LogP contribution in [0.25, 0.3) is 16.8 Å². The molecule has 1 aliphatic rings. The zero-order valence-corrected chi connectivity index (χ0v) is 21.6. The van der Waals surface area contributed by atoms with E-state index in [1.54, 1.807) is 11.8 Å². The van der Waals surface area contributed by atoms with Crippen LogP contribution in [0.3, 0.4) is 0 Å². The number of hydrogen-bond acceptors (Lipinski definition) is 9. The Morgan fingerprint density at radius 2 is 1.71 bits per heavy atom. The molecule has 0 spiro atoms. The van der Waals surface area contributed by atoms with Gasteiger partial charge in [0.25, 0.3) is 5.01 Å². The summed E-state index contributed by atoms with van der Waals surface area (Å²) in [5, 5.41) is 5.85. The molecule has 0 fully saturated rings. The molecular formula is C22H23N2O6S4-. The number of thioether (sulfide) groups is 1. The van der Waals surface area contributed by atoms with E-state index in [1.165, 1.54) is 11.3 Å². The van der Waals surface area contributed by atoms with Crippen LogP contribution in [0, 0.1) is 6.92 Å². The molecule has 1 aromatic heterocycles. The molecule has 12 heteroatoms. The first kappa shape index (κ1) is 25.1. The fourth-order valence-corrected chi connectivity index (χ4v) is 7.10. The molecule has 3 aromatic rings. The second-order valence-corrected chi connectivity index (χ2v) is 13.0. The van der Waals surface area contributed by atoms with Crippen molar-refractivity contribution in [3.05, 3.63) is 57.5 Å². The largest absolute Gasteiger partial charge is 0.748 e. The molecule has 0 radical (unpaired) electrons. The lowest BCUT2D eigenvalue weighted by molar-refractivity contribution is -0.699. The Hall–Kier alpha value is -1.96. The Labute approximate surface area is 207 Å². The second kappa shape index (κ2) is 9.96. The third-order valence-electron chi connectivity index (χ3n) is 5.46. The van der Waals surface area contributed by atoms with Crippen molar-refractivity contribution in [1.29, 1.82) is 0 Å². The summed E-state index contributed by atoms with van der Waals surface area (Å²) < 4.78 is 68.6. The summed E-state index contributed by atoms with van der Waals surface area (Å²) in [6.45, 7) is 2.68. The van der Waals surface area contributed by atoms with Crippen molar-refractivity contribution < 1.29 is 30.5 Å². The average molecular weight is 540 g/mol. The van der Waals surface area contributed by atoms with E-state index < -0.39 is 31.7 Å². The molecule has 0 aliphatic carbocycles. The van der Waals surface area contributed by atoms with E-state index in [9.17, 15) is 25.9 Å². The average Bonchev–Trinajstić information content (AvgIpc) is 3.27. The lowest BCUT2D eigenvalue weighted by atomic mass is 10.1. The highest BCUT2D eigenvalue weighted by atomic mass is 32.2. The van der Waals surface area contributed by atoms with Crippen molar-refractivity contribution in [3.8, 4) is 0 Å². The Bertz CT molecular complexity index is 1460. The van der Waals surface area contributed by atoms with Gasteiger partial charge in [0.1, 0.15) is 0 Å². The van der Waals surface area contributed by atoms with Crippen LogP contribution >= 0.6 is 23.1 Å². The smallest absolute Gasteiger partial charge is 0.264 e. The molecule has 0 unspecified atom stereocenters. The van der Waals surface area contributed by atoms with E-state index in [4.69, 9.17) is 0 Å². The van der Waals surface area contributed by atoms with Gasteiger partial charge in [-0.25, -0.2) is 16.8 Å². The maximum atomic E-state index is 11.2. The molecule has 0 bridgehead atoms. The van der Waals surface area contributed by atoms with Gasteiger partial charge in [0, 0.05) is 41.7 Å². The van der Waals surface area contributed by atoms with Gasteiger partial charge in [-0.2, -0.15) is 4.57 Å². The molecule has 1 aliphatic heterocycles. The molecule has 0 saturated carbocycles. The number of aryl methyl sites for hydroxylation is 1. The topological polar surface area (TPSA) is 122 Å². The molecule has 34 heavy (non-hydrogen) atoms. The van der Waals surface area contributed by atoms with Gasteiger partial charge < -0.3 is 14.0 Å². The first-order valence-electron chi connectivity index (χ1n) is 10.6. The molecule has 0 saturated heterocycles. The third kappa shape index (κ3) is 5.99. The summed E-state index contributed by atoms with van der Waals surface area (Å²) in [6.07, 6.45) is 2.40. The first-order valence-corrected chi connectivity index (χ1v) is 15.4. The minimum absolute atomic E-state index is 0.192. The maximum absolute atomic E-state index is 11.2. The van der Waals surface area contributed by atoms with Crippen molar-refractivity contribution in [3.63, 3.8) is 0 Å². The SMILES string of the molecule is Cc1csc(/C=C2\Sc3ccc4ccccc4c3N2CCCS(=O)(=O)[O-])[n+]1CCCS(=O)(=O)[O-]. The zero-order valence-electron chi connectivity index (χ0n) is 18.3. The van der Waals surface area contributed by atoms with Crippen LogP contribution < -0.4 is 9.47 Å². The lowest BCUT2D eigenvalue weighted by Crippen LogP contribution is -2.38. The van der Waals surface area contributed by atoms with Gasteiger partial charge in [-0.3, -0.25) is 0 Å². The minimum atomic E-state index is -4.32. The number of fused-ring (bicyclic) bond motifs is 3. The second-order valence-electron chi connectivity index (χ2n) is 7.97. The van der Waals surface area contributed by atoms with Crippen LogP contribution in [0.1, 0.15) is 23.5 Å². The van der Waals surface area contributed by atoms with E-state index in [-0.39, 0.29) is 12.8 Å². The first-order chi connectivity index (χ1) is 16.0. The van der Waals surface area contributed by atoms with E-state index in [2.05, 4.69) is 4.90 Å². The molecule has 0 amide bonds. The molecule has 2 aromatic carbocycles. The van der Waals surface area contributed by atoms with Crippen molar-refractivity contribution in [1.82, 2.24) is 0 Å². The van der Waals surface area contributed by atoms with Crippen LogP contribution in [-0.2, 0) is 26.8 Å². The number of thiazole rings is 1. The fraction of sp³-hybridized carbons (Fsp3) is 0.318. The normalized spacial score (nSPS) is 15.4. The molecule has 2 heterocycles. The van der Waals surface area contributed by atoms with Gasteiger partial charge in [0.2, 0.25) is 0 Å². The summed E-state index contributed by atoms with van der Waals surface area (Å²) in [7, 11) is -8.59. The molecule has 0 N–H and O–H groups in total. The maximum Gasteiger partial charge on any atom is 0.264 e. The van der Waals surface area contributed by atoms with Gasteiger partial charge in [0.15, 0.2) is 12.2 Å². The Kier molecular flexibility index (Phi) is 7.36. The van der Waals surface area contributed by atoms with Crippen LogP contribution in [0.15, 0.2) is 51.7 Å². The number of aromatic nitrogens is 1. The highest BCUT2D eigenvalue weighted by molar-refractivity contribution is 8.04. The number of benzene rings is 2. The summed E-state index contributed by atoms with van der Waals surface area (Å²) >= 11 is 3.07. The lowest BCUT2D eigenvalue weighted by Gasteiger charge is -2.22. The van der Waals surface area contributed by atoms with Gasteiger partial charge in [-0.1, -0.05) is 53.4 Å². The van der Waals surface area contributed by atoms with Gasteiger partial charge in [-0.05, 0) is 17.9 Å². The number of nitrogens with zero attached hydrogens (tertiary/aromatic N) is 2. The van der Waals surface area contributed by atoms with Crippen LogP contribution in [-0.4, -0.2) is 44.0 Å². The van der Waals surface area contributed by atoms with Crippen LogP contribution in [0.4, 0.5) is 5.69 Å². The zero-order chi connectivity index (χ0) is 24.5. The van der Waals surface area contributed by atoms with Crippen molar-refractivity contribution >= 4 is 65.9 Å². The predicted molar refractivity (Wildman–Crippen MR) is 133 cm³/mol. The molecule has 182 valence electrons. The Balaban J connectivity index is 1.69. The van der Waals surface area contributed by atoms with Crippen LogP contribution in [0.2, 0.25) is 0 Å². The number of hydrogen-bond donors (Lipinski definition) is 0. The van der Waals surface area contributed by atoms with Crippen molar-refractivity contribution in [2.45, 2.75) is 31.2 Å².